The van der Waals surface area contributed by atoms with Crippen LogP contribution in [0.15, 0.2) is 78.9 Å². The van der Waals surface area contributed by atoms with E-state index in [4.69, 9.17) is 15.2 Å². The van der Waals surface area contributed by atoms with Gasteiger partial charge >= 0.3 is 6.09 Å². The summed E-state index contributed by atoms with van der Waals surface area (Å²) in [5.74, 6) is 0.750. The number of hydrogen-bond acceptors (Lipinski definition) is 4. The molecule has 3 aromatic rings. The molecule has 5 nitrogen and oxygen atoms in total. The Labute approximate surface area is 165 Å². The first-order valence-electron chi connectivity index (χ1n) is 9.21. The zero-order valence-electron chi connectivity index (χ0n) is 15.6. The van der Waals surface area contributed by atoms with E-state index < -0.39 is 6.09 Å². The van der Waals surface area contributed by atoms with Gasteiger partial charge in [0.2, 0.25) is 0 Å². The average Bonchev–Trinajstić information content (AvgIpc) is 2.76. The van der Waals surface area contributed by atoms with Gasteiger partial charge in [-0.3, -0.25) is 0 Å². The van der Waals surface area contributed by atoms with Crippen molar-refractivity contribution in [1.29, 1.82) is 0 Å². The van der Waals surface area contributed by atoms with Crippen LogP contribution < -0.4 is 15.8 Å². The standard InChI is InChI=1S/C23H24N2O3/c24-16-18-9-11-20(12-10-18)21-7-4-8-22(15-21)27-14-13-25-23(26)28-17-19-5-2-1-3-6-19/h1-12,15H,13-14,16-17,24H2,(H,25,26). The zero-order valence-corrected chi connectivity index (χ0v) is 15.6. The van der Waals surface area contributed by atoms with Crippen LogP contribution in [0.3, 0.4) is 0 Å². The molecule has 0 saturated heterocycles. The molecule has 0 unspecified atom stereocenters. The van der Waals surface area contributed by atoms with Gasteiger partial charge < -0.3 is 20.5 Å². The summed E-state index contributed by atoms with van der Waals surface area (Å²) in [6.45, 7) is 1.50. The highest BCUT2D eigenvalue weighted by atomic mass is 16.5. The van der Waals surface area contributed by atoms with Crippen LogP contribution in [0, 0.1) is 0 Å². The van der Waals surface area contributed by atoms with Gasteiger partial charge in [0.15, 0.2) is 0 Å². The fraction of sp³-hybridized carbons (Fsp3) is 0.174. The number of ether oxygens (including phenoxy) is 2. The second-order valence-electron chi connectivity index (χ2n) is 6.27. The van der Waals surface area contributed by atoms with E-state index in [1.165, 1.54) is 0 Å². The fourth-order valence-corrected chi connectivity index (χ4v) is 2.69. The molecule has 28 heavy (non-hydrogen) atoms. The van der Waals surface area contributed by atoms with E-state index in [1.54, 1.807) is 0 Å². The summed E-state index contributed by atoms with van der Waals surface area (Å²) in [4.78, 5) is 11.7. The summed E-state index contributed by atoms with van der Waals surface area (Å²) in [5.41, 5.74) is 9.86. The summed E-state index contributed by atoms with van der Waals surface area (Å²) in [6.07, 6.45) is -0.457. The molecule has 0 aliphatic heterocycles. The molecule has 144 valence electrons. The van der Waals surface area contributed by atoms with Gasteiger partial charge in [0, 0.05) is 6.54 Å². The van der Waals surface area contributed by atoms with Gasteiger partial charge in [-0.05, 0) is 34.4 Å². The third-order valence-electron chi connectivity index (χ3n) is 4.21. The van der Waals surface area contributed by atoms with Crippen molar-refractivity contribution in [2.75, 3.05) is 13.2 Å². The lowest BCUT2D eigenvalue weighted by atomic mass is 10.0. The molecule has 0 aliphatic rings. The molecular formula is C23H24N2O3. The van der Waals surface area contributed by atoms with E-state index in [-0.39, 0.29) is 6.61 Å². The Kier molecular flexibility index (Phi) is 7.04. The summed E-state index contributed by atoms with van der Waals surface area (Å²) >= 11 is 0. The molecule has 1 amide bonds. The first kappa shape index (κ1) is 19.5. The van der Waals surface area contributed by atoms with Gasteiger partial charge in [0.05, 0.1) is 6.54 Å². The predicted octanol–water partition coefficient (Wildman–Crippen LogP) is 4.12. The van der Waals surface area contributed by atoms with Crippen LogP contribution in [0.25, 0.3) is 11.1 Å². The highest BCUT2D eigenvalue weighted by Crippen LogP contribution is 2.24. The van der Waals surface area contributed by atoms with Gasteiger partial charge in [-0.2, -0.15) is 0 Å². The first-order valence-corrected chi connectivity index (χ1v) is 9.21. The molecule has 3 aromatic carbocycles. The van der Waals surface area contributed by atoms with Gasteiger partial charge in [-0.25, -0.2) is 4.79 Å². The third kappa shape index (κ3) is 5.86. The van der Waals surface area contributed by atoms with E-state index in [1.807, 2.05) is 78.9 Å². The summed E-state index contributed by atoms with van der Waals surface area (Å²) in [6, 6.07) is 25.5. The minimum absolute atomic E-state index is 0.249. The number of carbonyl (C=O) groups excluding carboxylic acids is 1. The molecule has 3 rings (SSSR count). The van der Waals surface area contributed by atoms with Crippen molar-refractivity contribution in [2.45, 2.75) is 13.2 Å². The summed E-state index contributed by atoms with van der Waals surface area (Å²) in [5, 5.41) is 2.68. The van der Waals surface area contributed by atoms with E-state index >= 15 is 0 Å². The van der Waals surface area contributed by atoms with Crippen molar-refractivity contribution in [3.63, 3.8) is 0 Å². The quantitative estimate of drug-likeness (QED) is 0.580. The highest BCUT2D eigenvalue weighted by molar-refractivity contribution is 5.67. The Balaban J connectivity index is 1.42. The molecule has 0 aliphatic carbocycles. The van der Waals surface area contributed by atoms with Crippen molar-refractivity contribution in [2.24, 2.45) is 5.73 Å². The van der Waals surface area contributed by atoms with E-state index in [2.05, 4.69) is 5.32 Å². The SMILES string of the molecule is NCc1ccc(-c2cccc(OCCNC(=O)OCc3ccccc3)c2)cc1. The maximum absolute atomic E-state index is 11.7. The number of hydrogen-bond donors (Lipinski definition) is 2. The normalized spacial score (nSPS) is 10.3. The number of amides is 1. The van der Waals surface area contributed by atoms with Gasteiger partial charge in [-0.15, -0.1) is 0 Å². The molecular weight excluding hydrogens is 352 g/mol. The van der Waals surface area contributed by atoms with Crippen LogP contribution in [0.4, 0.5) is 4.79 Å². The van der Waals surface area contributed by atoms with Crippen molar-refractivity contribution in [1.82, 2.24) is 5.32 Å². The maximum atomic E-state index is 11.7. The lowest BCUT2D eigenvalue weighted by molar-refractivity contribution is 0.137. The zero-order chi connectivity index (χ0) is 19.6. The van der Waals surface area contributed by atoms with Gasteiger partial charge in [-0.1, -0.05) is 66.7 Å². The molecule has 0 fully saturated rings. The monoisotopic (exact) mass is 376 g/mol. The lowest BCUT2D eigenvalue weighted by Crippen LogP contribution is -2.28. The molecule has 0 radical (unpaired) electrons. The van der Waals surface area contributed by atoms with Gasteiger partial charge in [0.25, 0.3) is 0 Å². The minimum atomic E-state index is -0.457. The van der Waals surface area contributed by atoms with Crippen molar-refractivity contribution < 1.29 is 14.3 Å². The molecule has 0 atom stereocenters. The van der Waals surface area contributed by atoms with Crippen molar-refractivity contribution >= 4 is 6.09 Å². The Morgan fingerprint density at radius 1 is 0.857 bits per heavy atom. The average molecular weight is 376 g/mol. The van der Waals surface area contributed by atoms with Crippen LogP contribution in [0.1, 0.15) is 11.1 Å². The second kappa shape index (κ2) is 10.1. The molecule has 0 spiro atoms. The molecule has 3 N–H and O–H groups in total. The number of rotatable bonds is 8. The fourth-order valence-electron chi connectivity index (χ4n) is 2.69. The predicted molar refractivity (Wildman–Crippen MR) is 110 cm³/mol. The van der Waals surface area contributed by atoms with Crippen LogP contribution in [0.2, 0.25) is 0 Å². The lowest BCUT2D eigenvalue weighted by Gasteiger charge is -2.10. The molecule has 0 bridgehead atoms. The highest BCUT2D eigenvalue weighted by Gasteiger charge is 2.03. The maximum Gasteiger partial charge on any atom is 0.407 e. The number of carbonyl (C=O) groups is 1. The van der Waals surface area contributed by atoms with Crippen LogP contribution in [0.5, 0.6) is 5.75 Å². The molecule has 0 aromatic heterocycles. The molecule has 0 heterocycles. The Bertz CT molecular complexity index is 880. The number of alkyl carbamates (subject to hydrolysis) is 1. The van der Waals surface area contributed by atoms with Crippen LogP contribution >= 0.6 is 0 Å². The van der Waals surface area contributed by atoms with E-state index in [0.717, 1.165) is 28.0 Å². The number of nitrogens with two attached hydrogens (primary N) is 1. The van der Waals surface area contributed by atoms with Gasteiger partial charge in [0.1, 0.15) is 19.0 Å². The van der Waals surface area contributed by atoms with Crippen molar-refractivity contribution in [3.8, 4) is 16.9 Å². The third-order valence-corrected chi connectivity index (χ3v) is 4.21. The topological polar surface area (TPSA) is 73.6 Å². The second-order valence-corrected chi connectivity index (χ2v) is 6.27. The summed E-state index contributed by atoms with van der Waals surface area (Å²) < 4.78 is 10.9. The summed E-state index contributed by atoms with van der Waals surface area (Å²) in [7, 11) is 0. The Hall–Kier alpha value is -3.31. The van der Waals surface area contributed by atoms with E-state index in [0.29, 0.717) is 19.7 Å². The van der Waals surface area contributed by atoms with Crippen LogP contribution in [-0.4, -0.2) is 19.2 Å². The molecule has 5 heteroatoms. The van der Waals surface area contributed by atoms with E-state index in [9.17, 15) is 4.79 Å². The van der Waals surface area contributed by atoms with Crippen LogP contribution in [-0.2, 0) is 17.9 Å². The van der Waals surface area contributed by atoms with Crippen molar-refractivity contribution in [3.05, 3.63) is 90.0 Å². The number of benzene rings is 3. The largest absolute Gasteiger partial charge is 0.492 e. The minimum Gasteiger partial charge on any atom is -0.492 e. The Morgan fingerprint density at radius 3 is 2.39 bits per heavy atom. The Morgan fingerprint density at radius 2 is 1.64 bits per heavy atom. The molecule has 0 saturated carbocycles. The number of nitrogens with one attached hydrogen (secondary N) is 1. The first-order chi connectivity index (χ1) is 13.7. The smallest absolute Gasteiger partial charge is 0.407 e.